The molecule has 0 bridgehead atoms. The summed E-state index contributed by atoms with van der Waals surface area (Å²) >= 11 is 1.45. The molecular formula is C15H13NO3S. The summed E-state index contributed by atoms with van der Waals surface area (Å²) in [6.07, 6.45) is -1.08. The van der Waals surface area contributed by atoms with Gasteiger partial charge in [-0.3, -0.25) is 10.1 Å². The van der Waals surface area contributed by atoms with E-state index in [1.807, 2.05) is 42.5 Å². The zero-order valence-electron chi connectivity index (χ0n) is 10.5. The summed E-state index contributed by atoms with van der Waals surface area (Å²) in [5.41, 5.74) is 1.51. The van der Waals surface area contributed by atoms with Gasteiger partial charge in [-0.1, -0.05) is 48.5 Å². The van der Waals surface area contributed by atoms with Crippen LogP contribution in [0.1, 0.15) is 22.5 Å². The smallest absolute Gasteiger partial charge is 0.258 e. The number of nitrogens with zero attached hydrogens (tertiary/aromatic N) is 1. The number of thioether (sulfide) groups is 1. The number of aliphatic hydroxyl groups is 1. The third-order valence-electron chi connectivity index (χ3n) is 3.50. The molecule has 5 heteroatoms. The molecule has 4 nitrogen and oxygen atoms in total. The van der Waals surface area contributed by atoms with Crippen LogP contribution in [0.2, 0.25) is 0 Å². The highest BCUT2D eigenvalue weighted by atomic mass is 32.2. The average Bonchev–Trinajstić information content (AvgIpc) is 2.47. The Labute approximate surface area is 120 Å². The molecule has 20 heavy (non-hydrogen) atoms. The molecule has 0 radical (unpaired) electrons. The van der Waals surface area contributed by atoms with Gasteiger partial charge in [0.1, 0.15) is 11.4 Å². The zero-order valence-corrected chi connectivity index (χ0v) is 11.4. The Balaban J connectivity index is 2.08. The van der Waals surface area contributed by atoms with Gasteiger partial charge >= 0.3 is 0 Å². The van der Waals surface area contributed by atoms with Crippen molar-refractivity contribution in [2.75, 3.05) is 0 Å². The van der Waals surface area contributed by atoms with E-state index in [-0.39, 0.29) is 10.2 Å². The summed E-state index contributed by atoms with van der Waals surface area (Å²) in [5.74, 6) is 0. The first-order valence-corrected chi connectivity index (χ1v) is 7.18. The Kier molecular flexibility index (Phi) is 3.46. The Bertz CT molecular complexity index is 632. The van der Waals surface area contributed by atoms with Crippen LogP contribution >= 0.6 is 11.8 Å². The number of nitro groups is 1. The first-order valence-electron chi connectivity index (χ1n) is 6.30. The fraction of sp³-hybridized carbons (Fsp3) is 0.200. The summed E-state index contributed by atoms with van der Waals surface area (Å²) in [6, 6.07) is 15.6. The number of fused-ring (bicyclic) bond motifs is 1. The van der Waals surface area contributed by atoms with Crippen molar-refractivity contribution in [2.45, 2.75) is 22.3 Å². The highest BCUT2D eigenvalue weighted by Crippen LogP contribution is 2.49. The fourth-order valence-electron chi connectivity index (χ4n) is 2.52. The van der Waals surface area contributed by atoms with Crippen molar-refractivity contribution in [1.82, 2.24) is 0 Å². The third-order valence-corrected chi connectivity index (χ3v) is 4.93. The van der Waals surface area contributed by atoms with Crippen LogP contribution in [0.5, 0.6) is 0 Å². The Morgan fingerprint density at radius 1 is 1.05 bits per heavy atom. The maximum atomic E-state index is 11.4. The lowest BCUT2D eigenvalue weighted by molar-refractivity contribution is -0.536. The molecule has 2 aromatic carbocycles. The van der Waals surface area contributed by atoms with Crippen molar-refractivity contribution < 1.29 is 10.0 Å². The van der Waals surface area contributed by atoms with E-state index in [0.717, 1.165) is 10.5 Å². The van der Waals surface area contributed by atoms with E-state index in [1.54, 1.807) is 12.1 Å². The van der Waals surface area contributed by atoms with Gasteiger partial charge in [-0.05, 0) is 11.6 Å². The summed E-state index contributed by atoms with van der Waals surface area (Å²) < 4.78 is 0. The molecule has 0 spiro atoms. The summed E-state index contributed by atoms with van der Waals surface area (Å²) in [5, 5.41) is 21.4. The summed E-state index contributed by atoms with van der Waals surface area (Å²) in [7, 11) is 0. The van der Waals surface area contributed by atoms with Crippen molar-refractivity contribution >= 4 is 11.8 Å². The van der Waals surface area contributed by atoms with Crippen LogP contribution in [-0.2, 0) is 0 Å². The molecule has 1 N–H and O–H groups in total. The van der Waals surface area contributed by atoms with Crippen molar-refractivity contribution in [2.24, 2.45) is 0 Å². The Morgan fingerprint density at radius 2 is 1.70 bits per heavy atom. The second-order valence-corrected chi connectivity index (χ2v) is 5.89. The molecule has 3 atom stereocenters. The second kappa shape index (κ2) is 5.26. The summed E-state index contributed by atoms with van der Waals surface area (Å²) in [4.78, 5) is 11.9. The fourth-order valence-corrected chi connectivity index (χ4v) is 3.96. The molecule has 0 fully saturated rings. The molecule has 0 amide bonds. The van der Waals surface area contributed by atoms with Crippen molar-refractivity contribution in [3.05, 3.63) is 75.8 Å². The topological polar surface area (TPSA) is 63.4 Å². The first-order chi connectivity index (χ1) is 9.68. The first kappa shape index (κ1) is 13.1. The lowest BCUT2D eigenvalue weighted by atomic mass is 9.95. The van der Waals surface area contributed by atoms with Gasteiger partial charge in [-0.25, -0.2) is 0 Å². The normalized spacial score (nSPS) is 24.9. The largest absolute Gasteiger partial charge is 0.381 e. The second-order valence-electron chi connectivity index (χ2n) is 4.71. The van der Waals surface area contributed by atoms with Gasteiger partial charge in [0.15, 0.2) is 0 Å². The minimum absolute atomic E-state index is 0.370. The lowest BCUT2D eigenvalue weighted by Gasteiger charge is -2.31. The number of hydrogen-bond acceptors (Lipinski definition) is 4. The van der Waals surface area contributed by atoms with Crippen LogP contribution in [0.4, 0.5) is 0 Å². The molecule has 0 unspecified atom stereocenters. The highest BCUT2D eigenvalue weighted by molar-refractivity contribution is 7.99. The van der Waals surface area contributed by atoms with E-state index in [4.69, 9.17) is 0 Å². The maximum Gasteiger partial charge on any atom is 0.258 e. The van der Waals surface area contributed by atoms with Gasteiger partial charge in [0.25, 0.3) is 6.04 Å². The SMILES string of the molecule is O=[N+]([O-])[C@H]1[C@H](O)c2ccccc2S[C@@H]1c1ccccc1. The van der Waals surface area contributed by atoms with E-state index in [0.29, 0.717) is 5.56 Å². The van der Waals surface area contributed by atoms with Gasteiger partial charge < -0.3 is 5.11 Å². The van der Waals surface area contributed by atoms with Gasteiger partial charge in [0.2, 0.25) is 0 Å². The van der Waals surface area contributed by atoms with Gasteiger partial charge in [-0.2, -0.15) is 0 Å². The maximum absolute atomic E-state index is 11.4. The molecule has 1 aliphatic heterocycles. The van der Waals surface area contributed by atoms with E-state index in [1.165, 1.54) is 11.8 Å². The Morgan fingerprint density at radius 3 is 2.40 bits per heavy atom. The quantitative estimate of drug-likeness (QED) is 0.680. The number of aliphatic hydroxyl groups excluding tert-OH is 1. The molecule has 3 rings (SSSR count). The molecule has 0 saturated carbocycles. The van der Waals surface area contributed by atoms with E-state index >= 15 is 0 Å². The average molecular weight is 287 g/mol. The van der Waals surface area contributed by atoms with E-state index in [2.05, 4.69) is 0 Å². The molecule has 102 valence electrons. The van der Waals surface area contributed by atoms with Gasteiger partial charge in [0.05, 0.1) is 0 Å². The van der Waals surface area contributed by atoms with Crippen LogP contribution in [0, 0.1) is 10.1 Å². The molecule has 1 heterocycles. The van der Waals surface area contributed by atoms with Crippen LogP contribution in [0.15, 0.2) is 59.5 Å². The minimum atomic E-state index is -1.08. The number of hydrogen-bond donors (Lipinski definition) is 1. The van der Waals surface area contributed by atoms with Crippen LogP contribution in [-0.4, -0.2) is 16.1 Å². The zero-order chi connectivity index (χ0) is 14.1. The van der Waals surface area contributed by atoms with Gasteiger partial charge in [0, 0.05) is 15.4 Å². The van der Waals surface area contributed by atoms with Crippen molar-refractivity contribution in [1.29, 1.82) is 0 Å². The van der Waals surface area contributed by atoms with E-state index < -0.39 is 12.1 Å². The molecule has 2 aromatic rings. The minimum Gasteiger partial charge on any atom is -0.381 e. The summed E-state index contributed by atoms with van der Waals surface area (Å²) in [6.45, 7) is 0. The van der Waals surface area contributed by atoms with Crippen molar-refractivity contribution in [3.63, 3.8) is 0 Å². The predicted octanol–water partition coefficient (Wildman–Crippen LogP) is 3.21. The van der Waals surface area contributed by atoms with E-state index in [9.17, 15) is 15.2 Å². The van der Waals surface area contributed by atoms with Crippen LogP contribution in [0.3, 0.4) is 0 Å². The number of rotatable bonds is 2. The predicted molar refractivity (Wildman–Crippen MR) is 77.2 cm³/mol. The molecule has 1 aliphatic rings. The standard InChI is InChI=1S/C15H13NO3S/c17-14-11-8-4-5-9-12(11)20-15(13(14)16(18)19)10-6-2-1-3-7-10/h1-9,13-15,17H/t13-,14+,15+/m0/s1. The Hall–Kier alpha value is -1.85. The molecule has 0 saturated heterocycles. The third kappa shape index (κ3) is 2.19. The molecular weight excluding hydrogens is 274 g/mol. The van der Waals surface area contributed by atoms with Crippen LogP contribution < -0.4 is 0 Å². The monoisotopic (exact) mass is 287 g/mol. The highest BCUT2D eigenvalue weighted by Gasteiger charge is 2.45. The van der Waals surface area contributed by atoms with Crippen molar-refractivity contribution in [3.8, 4) is 0 Å². The molecule has 0 aromatic heterocycles. The van der Waals surface area contributed by atoms with Crippen LogP contribution in [0.25, 0.3) is 0 Å². The number of benzene rings is 2. The molecule has 0 aliphatic carbocycles. The lowest BCUT2D eigenvalue weighted by Crippen LogP contribution is -2.35. The van der Waals surface area contributed by atoms with Gasteiger partial charge in [-0.15, -0.1) is 11.8 Å².